The lowest BCUT2D eigenvalue weighted by Gasteiger charge is -2.10. The molecule has 3 aliphatic rings. The highest BCUT2D eigenvalue weighted by Gasteiger charge is 2.24. The van der Waals surface area contributed by atoms with E-state index in [9.17, 15) is 5.11 Å². The summed E-state index contributed by atoms with van der Waals surface area (Å²) in [5, 5.41) is 10.8. The average Bonchev–Trinajstić information content (AvgIpc) is 3.35. The first-order valence-electron chi connectivity index (χ1n) is 9.02. The molecule has 29 heavy (non-hydrogen) atoms. The zero-order valence-electron chi connectivity index (χ0n) is 15.2. The fourth-order valence-corrected chi connectivity index (χ4v) is 4.38. The van der Waals surface area contributed by atoms with Crippen LogP contribution in [-0.2, 0) is 6.54 Å². The molecule has 5 rings (SSSR count). The Kier molecular flexibility index (Phi) is 4.79. The van der Waals surface area contributed by atoms with Crippen LogP contribution in [0.3, 0.4) is 0 Å². The van der Waals surface area contributed by atoms with E-state index >= 15 is 0 Å². The minimum absolute atomic E-state index is 0.0389. The number of ether oxygens (including phenoxy) is 2. The van der Waals surface area contributed by atoms with Crippen molar-refractivity contribution in [1.82, 2.24) is 14.5 Å². The molecule has 0 saturated heterocycles. The van der Waals surface area contributed by atoms with Gasteiger partial charge in [0, 0.05) is 30.1 Å². The van der Waals surface area contributed by atoms with Crippen molar-refractivity contribution >= 4 is 23.4 Å². The predicted molar refractivity (Wildman–Crippen MR) is 111 cm³/mol. The summed E-state index contributed by atoms with van der Waals surface area (Å²) in [4.78, 5) is 10.3. The molecule has 1 aromatic carbocycles. The van der Waals surface area contributed by atoms with E-state index in [2.05, 4.69) is 4.98 Å². The smallest absolute Gasteiger partial charge is 0.231 e. The summed E-state index contributed by atoms with van der Waals surface area (Å²) in [6, 6.07) is 13.5. The topological polar surface area (TPSA) is 69.4 Å². The van der Waals surface area contributed by atoms with Gasteiger partial charge in [0.25, 0.3) is 0 Å². The number of aliphatic hydroxyl groups excluding tert-OH is 1. The van der Waals surface area contributed by atoms with Crippen molar-refractivity contribution in [3.05, 3.63) is 59.9 Å². The first-order chi connectivity index (χ1) is 14.2. The van der Waals surface area contributed by atoms with Crippen LogP contribution in [0, 0.1) is 0 Å². The summed E-state index contributed by atoms with van der Waals surface area (Å²) in [6.45, 7) is 0.734. The van der Waals surface area contributed by atoms with Gasteiger partial charge in [0.15, 0.2) is 11.5 Å². The molecule has 8 heteroatoms. The first-order valence-corrected chi connectivity index (χ1v) is 10.2. The third kappa shape index (κ3) is 3.42. The molecule has 0 atom stereocenters. The van der Waals surface area contributed by atoms with E-state index < -0.39 is 0 Å². The molecule has 0 radical (unpaired) electrons. The number of aromatic nitrogens is 3. The van der Waals surface area contributed by atoms with E-state index in [1.54, 1.807) is 6.20 Å². The lowest BCUT2D eigenvalue weighted by molar-refractivity contribution is 0.174. The average molecular weight is 426 g/mol. The molecule has 0 unspecified atom stereocenters. The summed E-state index contributed by atoms with van der Waals surface area (Å²) in [7, 11) is 0. The van der Waals surface area contributed by atoms with Crippen LogP contribution < -0.4 is 9.47 Å². The summed E-state index contributed by atoms with van der Waals surface area (Å²) in [5.74, 6) is 2.25. The predicted octanol–water partition coefficient (Wildman–Crippen LogP) is 4.58. The molecule has 1 aromatic heterocycles. The van der Waals surface area contributed by atoms with Crippen molar-refractivity contribution in [2.24, 2.45) is 0 Å². The highest BCUT2D eigenvalue weighted by atomic mass is 35.5. The van der Waals surface area contributed by atoms with Gasteiger partial charge in [-0.2, -0.15) is 0 Å². The summed E-state index contributed by atoms with van der Waals surface area (Å²) >= 11 is 7.52. The zero-order chi connectivity index (χ0) is 19.8. The molecule has 3 aliphatic heterocycles. The van der Waals surface area contributed by atoms with Gasteiger partial charge in [0.1, 0.15) is 10.9 Å². The van der Waals surface area contributed by atoms with Crippen LogP contribution in [0.1, 0.15) is 0 Å². The Bertz CT molecular complexity index is 1150. The third-order valence-electron chi connectivity index (χ3n) is 4.61. The van der Waals surface area contributed by atoms with Gasteiger partial charge >= 0.3 is 0 Å². The van der Waals surface area contributed by atoms with E-state index in [4.69, 9.17) is 26.1 Å². The lowest BCUT2D eigenvalue weighted by Crippen LogP contribution is -2.06. The van der Waals surface area contributed by atoms with E-state index in [1.165, 1.54) is 11.8 Å². The second-order valence-electron chi connectivity index (χ2n) is 6.44. The number of halogens is 1. The van der Waals surface area contributed by atoms with Crippen molar-refractivity contribution in [2.75, 3.05) is 13.4 Å². The maximum atomic E-state index is 9.43. The van der Waals surface area contributed by atoms with Gasteiger partial charge in [0.05, 0.1) is 22.2 Å². The first kappa shape index (κ1) is 18.3. The van der Waals surface area contributed by atoms with E-state index in [0.717, 1.165) is 38.3 Å². The van der Waals surface area contributed by atoms with Crippen LogP contribution in [0.2, 0.25) is 5.02 Å². The molecule has 1 N–H and O–H groups in total. The quantitative estimate of drug-likeness (QED) is 0.505. The minimum atomic E-state index is 0.0389. The second kappa shape index (κ2) is 7.59. The second-order valence-corrected chi connectivity index (χ2v) is 7.90. The van der Waals surface area contributed by atoms with Gasteiger partial charge < -0.3 is 19.1 Å². The molecule has 4 heterocycles. The number of hydrogen-bond donors (Lipinski definition) is 1. The molecule has 0 aliphatic carbocycles. The van der Waals surface area contributed by atoms with Gasteiger partial charge in [0.2, 0.25) is 6.79 Å². The van der Waals surface area contributed by atoms with E-state index in [-0.39, 0.29) is 13.4 Å². The Balaban J connectivity index is 1.66. The summed E-state index contributed by atoms with van der Waals surface area (Å²) in [6.07, 6.45) is 3.55. The molecule has 2 aromatic rings. The van der Waals surface area contributed by atoms with Gasteiger partial charge in [-0.25, -0.2) is 9.97 Å². The number of rotatable bonds is 5. The summed E-state index contributed by atoms with van der Waals surface area (Å²) in [5.41, 5.74) is 2.76. The number of nitrogens with zero attached hydrogens (tertiary/aromatic N) is 3. The van der Waals surface area contributed by atoms with Crippen LogP contribution in [0.5, 0.6) is 11.5 Å². The molecule has 0 amide bonds. The van der Waals surface area contributed by atoms with Gasteiger partial charge in [-0.05, 0) is 42.5 Å². The van der Waals surface area contributed by atoms with Gasteiger partial charge in [-0.15, -0.1) is 0 Å². The molecule has 6 nitrogen and oxygen atoms in total. The van der Waals surface area contributed by atoms with Crippen LogP contribution >= 0.6 is 23.4 Å². The third-order valence-corrected chi connectivity index (χ3v) is 5.90. The Hall–Kier alpha value is -2.74. The monoisotopic (exact) mass is 425 g/mol. The molecule has 0 saturated carbocycles. The number of benzene rings is 1. The van der Waals surface area contributed by atoms with Crippen molar-refractivity contribution in [3.63, 3.8) is 0 Å². The molecular weight excluding hydrogens is 410 g/mol. The van der Waals surface area contributed by atoms with Gasteiger partial charge in [-0.1, -0.05) is 23.4 Å². The molecule has 0 spiro atoms. The van der Waals surface area contributed by atoms with E-state index in [0.29, 0.717) is 17.3 Å². The largest absolute Gasteiger partial charge is 0.454 e. The van der Waals surface area contributed by atoms with Crippen molar-refractivity contribution in [3.8, 4) is 34.1 Å². The van der Waals surface area contributed by atoms with Crippen molar-refractivity contribution < 1.29 is 14.6 Å². The van der Waals surface area contributed by atoms with Crippen LogP contribution in [0.15, 0.2) is 64.8 Å². The van der Waals surface area contributed by atoms with E-state index in [1.807, 2.05) is 53.2 Å². The number of fused-ring (bicyclic) bond motifs is 2. The SMILES string of the molecule is OCCn1cccc2c(Sc3ccc(Cl)cn3)c(-c3ccc4c(c3)OCO4)nc1-2. The van der Waals surface area contributed by atoms with Crippen LogP contribution in [0.25, 0.3) is 22.6 Å². The molecule has 0 bridgehead atoms. The number of hydrogen-bond acceptors (Lipinski definition) is 6. The molecule has 0 fully saturated rings. The Morgan fingerprint density at radius 3 is 2.86 bits per heavy atom. The lowest BCUT2D eigenvalue weighted by atomic mass is 10.1. The Morgan fingerprint density at radius 1 is 1.14 bits per heavy atom. The standard InChI is InChI=1S/C21H16ClN3O3S/c22-14-4-6-18(23-11-14)29-20-15-2-1-7-25(8-9-26)21(15)24-19(20)13-3-5-16-17(10-13)28-12-27-16/h1-7,10-11,26H,8-9,12H2. The Labute approximate surface area is 176 Å². The fourth-order valence-electron chi connectivity index (χ4n) is 3.29. The Morgan fingerprint density at radius 2 is 2.03 bits per heavy atom. The van der Waals surface area contributed by atoms with Gasteiger partial charge in [-0.3, -0.25) is 0 Å². The molecule has 146 valence electrons. The number of pyridine rings is 2. The van der Waals surface area contributed by atoms with Crippen molar-refractivity contribution in [1.29, 1.82) is 0 Å². The van der Waals surface area contributed by atoms with Crippen LogP contribution in [0.4, 0.5) is 0 Å². The highest BCUT2D eigenvalue weighted by molar-refractivity contribution is 7.99. The van der Waals surface area contributed by atoms with Crippen LogP contribution in [-0.4, -0.2) is 33.0 Å². The normalized spacial score (nSPS) is 12.6. The highest BCUT2D eigenvalue weighted by Crippen LogP contribution is 2.45. The minimum Gasteiger partial charge on any atom is -0.454 e. The maximum absolute atomic E-state index is 9.43. The van der Waals surface area contributed by atoms with Crippen molar-refractivity contribution in [2.45, 2.75) is 16.5 Å². The number of aliphatic hydroxyl groups is 1. The fraction of sp³-hybridized carbons (Fsp3) is 0.143. The summed E-state index contributed by atoms with van der Waals surface area (Å²) < 4.78 is 12.9. The maximum Gasteiger partial charge on any atom is 0.231 e. The molecular formula is C21H16ClN3O3S. The zero-order valence-corrected chi connectivity index (χ0v) is 16.8.